The average molecular weight is 294 g/mol. The standard InChI is InChI=1S/C13H12BrNO2/c1-17-11-5-4-8(14)13-12(11)10(16)6-9(15-13)7-2-3-7/h4-7H,2-3H2,1H3,(H,15,16). The zero-order valence-electron chi connectivity index (χ0n) is 9.42. The Bertz CT molecular complexity index is 644. The van der Waals surface area contributed by atoms with Crippen LogP contribution in [0, 0.1) is 0 Å². The molecule has 1 heterocycles. The quantitative estimate of drug-likeness (QED) is 0.924. The maximum absolute atomic E-state index is 12.1. The number of hydrogen-bond donors (Lipinski definition) is 1. The number of H-pyrrole nitrogens is 1. The van der Waals surface area contributed by atoms with E-state index in [1.165, 1.54) is 12.8 Å². The summed E-state index contributed by atoms with van der Waals surface area (Å²) in [7, 11) is 1.58. The summed E-state index contributed by atoms with van der Waals surface area (Å²) in [5.41, 5.74) is 1.90. The molecule has 0 atom stereocenters. The smallest absolute Gasteiger partial charge is 0.193 e. The fourth-order valence-corrected chi connectivity index (χ4v) is 2.53. The minimum Gasteiger partial charge on any atom is -0.496 e. The van der Waals surface area contributed by atoms with Gasteiger partial charge < -0.3 is 9.72 Å². The van der Waals surface area contributed by atoms with E-state index < -0.39 is 0 Å². The van der Waals surface area contributed by atoms with Crippen molar-refractivity contribution < 1.29 is 4.74 Å². The molecule has 1 N–H and O–H groups in total. The first-order valence-electron chi connectivity index (χ1n) is 5.60. The summed E-state index contributed by atoms with van der Waals surface area (Å²) in [5.74, 6) is 1.15. The van der Waals surface area contributed by atoms with Gasteiger partial charge >= 0.3 is 0 Å². The minimum atomic E-state index is 0.0267. The van der Waals surface area contributed by atoms with Crippen LogP contribution >= 0.6 is 15.9 Å². The molecule has 3 nitrogen and oxygen atoms in total. The summed E-state index contributed by atoms with van der Waals surface area (Å²) >= 11 is 3.47. The maximum atomic E-state index is 12.1. The highest BCUT2D eigenvalue weighted by atomic mass is 79.9. The number of pyridine rings is 1. The van der Waals surface area contributed by atoms with Gasteiger partial charge in [0.25, 0.3) is 0 Å². The first kappa shape index (κ1) is 10.8. The van der Waals surface area contributed by atoms with E-state index in [1.807, 2.05) is 6.07 Å². The van der Waals surface area contributed by atoms with Gasteiger partial charge in [0.1, 0.15) is 5.75 Å². The van der Waals surface area contributed by atoms with Crippen molar-refractivity contribution >= 4 is 26.8 Å². The fraction of sp³-hybridized carbons (Fsp3) is 0.308. The molecule has 1 aliphatic rings. The molecule has 1 fully saturated rings. The molecule has 0 amide bonds. The molecular weight excluding hydrogens is 282 g/mol. The van der Waals surface area contributed by atoms with Crippen molar-refractivity contribution in [3.05, 3.63) is 38.6 Å². The molecule has 0 bridgehead atoms. The Hall–Kier alpha value is -1.29. The first-order chi connectivity index (χ1) is 8.20. The Morgan fingerprint density at radius 2 is 2.18 bits per heavy atom. The van der Waals surface area contributed by atoms with Crippen LogP contribution in [0.3, 0.4) is 0 Å². The van der Waals surface area contributed by atoms with Gasteiger partial charge in [-0.05, 0) is 46.8 Å². The molecule has 4 heteroatoms. The van der Waals surface area contributed by atoms with Crippen molar-refractivity contribution in [2.24, 2.45) is 0 Å². The highest BCUT2D eigenvalue weighted by Crippen LogP contribution is 2.39. The van der Waals surface area contributed by atoms with Crippen molar-refractivity contribution in [3.8, 4) is 5.75 Å². The van der Waals surface area contributed by atoms with Crippen LogP contribution in [0.25, 0.3) is 10.9 Å². The van der Waals surface area contributed by atoms with E-state index in [-0.39, 0.29) is 5.43 Å². The minimum absolute atomic E-state index is 0.0267. The van der Waals surface area contributed by atoms with Crippen LogP contribution in [-0.4, -0.2) is 12.1 Å². The third kappa shape index (κ3) is 1.76. The highest BCUT2D eigenvalue weighted by Gasteiger charge is 2.25. The van der Waals surface area contributed by atoms with E-state index in [0.29, 0.717) is 17.1 Å². The van der Waals surface area contributed by atoms with Crippen molar-refractivity contribution in [1.29, 1.82) is 0 Å². The van der Waals surface area contributed by atoms with E-state index >= 15 is 0 Å². The number of ether oxygens (including phenoxy) is 1. The lowest BCUT2D eigenvalue weighted by atomic mass is 10.1. The van der Waals surface area contributed by atoms with Gasteiger partial charge in [0, 0.05) is 16.2 Å². The molecule has 17 heavy (non-hydrogen) atoms. The fourth-order valence-electron chi connectivity index (χ4n) is 2.10. The molecule has 0 aliphatic heterocycles. The van der Waals surface area contributed by atoms with E-state index in [0.717, 1.165) is 15.7 Å². The first-order valence-corrected chi connectivity index (χ1v) is 6.39. The van der Waals surface area contributed by atoms with Gasteiger partial charge in [0.15, 0.2) is 5.43 Å². The molecular formula is C13H12BrNO2. The predicted octanol–water partition coefficient (Wildman–Crippen LogP) is 3.18. The topological polar surface area (TPSA) is 42.1 Å². The van der Waals surface area contributed by atoms with Crippen LogP contribution in [0.5, 0.6) is 5.75 Å². The number of halogens is 1. The van der Waals surface area contributed by atoms with Crippen LogP contribution in [0.4, 0.5) is 0 Å². The number of rotatable bonds is 2. The monoisotopic (exact) mass is 293 g/mol. The van der Waals surface area contributed by atoms with Gasteiger partial charge in [-0.25, -0.2) is 0 Å². The number of methoxy groups -OCH3 is 1. The summed E-state index contributed by atoms with van der Waals surface area (Å²) in [6.07, 6.45) is 2.34. The Balaban J connectivity index is 2.37. The molecule has 0 spiro atoms. The summed E-state index contributed by atoms with van der Waals surface area (Å²) in [5, 5.41) is 0.617. The zero-order chi connectivity index (χ0) is 12.0. The third-order valence-electron chi connectivity index (χ3n) is 3.16. The second-order valence-electron chi connectivity index (χ2n) is 4.36. The Kier molecular flexibility index (Phi) is 2.47. The van der Waals surface area contributed by atoms with Crippen LogP contribution in [-0.2, 0) is 0 Å². The van der Waals surface area contributed by atoms with Gasteiger partial charge in [-0.1, -0.05) is 0 Å². The number of aromatic amines is 1. The van der Waals surface area contributed by atoms with Crippen molar-refractivity contribution in [2.75, 3.05) is 7.11 Å². The normalized spacial score (nSPS) is 15.2. The van der Waals surface area contributed by atoms with Crippen LogP contribution in [0.2, 0.25) is 0 Å². The lowest BCUT2D eigenvalue weighted by Gasteiger charge is -2.08. The Morgan fingerprint density at radius 1 is 1.41 bits per heavy atom. The molecule has 2 aromatic rings. The summed E-state index contributed by atoms with van der Waals surface area (Å²) in [6, 6.07) is 5.40. The van der Waals surface area contributed by atoms with Gasteiger partial charge in [-0.2, -0.15) is 0 Å². The van der Waals surface area contributed by atoms with E-state index in [9.17, 15) is 4.79 Å². The van der Waals surface area contributed by atoms with Gasteiger partial charge in [0.05, 0.1) is 18.0 Å². The SMILES string of the molecule is COc1ccc(Br)c2[nH]c(C3CC3)cc(=O)c12. The molecule has 0 radical (unpaired) electrons. The number of hydrogen-bond acceptors (Lipinski definition) is 2. The highest BCUT2D eigenvalue weighted by molar-refractivity contribution is 9.10. The second kappa shape index (κ2) is 3.88. The van der Waals surface area contributed by atoms with Crippen LogP contribution in [0.1, 0.15) is 24.5 Å². The molecule has 1 saturated carbocycles. The van der Waals surface area contributed by atoms with Gasteiger partial charge in [0.2, 0.25) is 0 Å². The lowest BCUT2D eigenvalue weighted by molar-refractivity contribution is 0.419. The van der Waals surface area contributed by atoms with Gasteiger partial charge in [-0.3, -0.25) is 4.79 Å². The molecule has 0 unspecified atom stereocenters. The van der Waals surface area contributed by atoms with Crippen LogP contribution < -0.4 is 10.2 Å². The summed E-state index contributed by atoms with van der Waals surface area (Å²) < 4.78 is 6.13. The second-order valence-corrected chi connectivity index (χ2v) is 5.22. The number of fused-ring (bicyclic) bond motifs is 1. The molecule has 1 aromatic heterocycles. The third-order valence-corrected chi connectivity index (χ3v) is 3.82. The summed E-state index contributed by atoms with van der Waals surface area (Å²) in [6.45, 7) is 0. The predicted molar refractivity (Wildman–Crippen MR) is 70.8 cm³/mol. The van der Waals surface area contributed by atoms with Crippen molar-refractivity contribution in [3.63, 3.8) is 0 Å². The largest absolute Gasteiger partial charge is 0.496 e. The van der Waals surface area contributed by atoms with E-state index in [1.54, 1.807) is 19.2 Å². The number of aromatic nitrogens is 1. The number of nitrogens with one attached hydrogen (secondary N) is 1. The number of benzene rings is 1. The van der Waals surface area contributed by atoms with E-state index in [4.69, 9.17) is 4.74 Å². The van der Waals surface area contributed by atoms with Crippen molar-refractivity contribution in [2.45, 2.75) is 18.8 Å². The van der Waals surface area contributed by atoms with Crippen molar-refractivity contribution in [1.82, 2.24) is 4.98 Å². The summed E-state index contributed by atoms with van der Waals surface area (Å²) in [4.78, 5) is 15.5. The van der Waals surface area contributed by atoms with Crippen LogP contribution in [0.15, 0.2) is 27.5 Å². The molecule has 0 saturated heterocycles. The zero-order valence-corrected chi connectivity index (χ0v) is 11.0. The maximum Gasteiger partial charge on any atom is 0.193 e. The lowest BCUT2D eigenvalue weighted by Crippen LogP contribution is -2.06. The molecule has 88 valence electrons. The Morgan fingerprint density at radius 3 is 2.82 bits per heavy atom. The average Bonchev–Trinajstić information content (AvgIpc) is 3.14. The molecule has 3 rings (SSSR count). The Labute approximate surface area is 107 Å². The molecule has 1 aliphatic carbocycles. The molecule has 1 aromatic carbocycles. The van der Waals surface area contributed by atoms with E-state index in [2.05, 4.69) is 20.9 Å². The van der Waals surface area contributed by atoms with Gasteiger partial charge in [-0.15, -0.1) is 0 Å².